The number of aryl methyl sites for hydroxylation is 3. The Labute approximate surface area is 120 Å². The predicted octanol–water partition coefficient (Wildman–Crippen LogP) is 2.41. The lowest BCUT2D eigenvalue weighted by Crippen LogP contribution is -2.42. The van der Waals surface area contributed by atoms with Gasteiger partial charge in [-0.3, -0.25) is 4.79 Å². The zero-order valence-corrected chi connectivity index (χ0v) is 12.6. The smallest absolute Gasteiger partial charge is 0.207 e. The van der Waals surface area contributed by atoms with Crippen molar-refractivity contribution in [3.05, 3.63) is 58.7 Å². The van der Waals surface area contributed by atoms with Gasteiger partial charge in [0.1, 0.15) is 5.69 Å². The molecule has 0 spiro atoms. The summed E-state index contributed by atoms with van der Waals surface area (Å²) in [6.45, 7) is 8.48. The van der Waals surface area contributed by atoms with E-state index in [4.69, 9.17) is 0 Å². The molecule has 2 rings (SSSR count). The predicted molar refractivity (Wildman–Crippen MR) is 78.5 cm³/mol. The summed E-state index contributed by atoms with van der Waals surface area (Å²) in [7, 11) is 0. The zero-order chi connectivity index (χ0) is 14.7. The number of carbonyl (C=O) groups is 1. The van der Waals surface area contributed by atoms with E-state index in [1.54, 1.807) is 6.20 Å². The molecule has 0 fully saturated rings. The van der Waals surface area contributed by atoms with E-state index in [1.165, 1.54) is 11.1 Å². The number of ketones is 1. The van der Waals surface area contributed by atoms with Gasteiger partial charge in [-0.05, 0) is 37.5 Å². The fourth-order valence-electron chi connectivity index (χ4n) is 2.38. The van der Waals surface area contributed by atoms with Gasteiger partial charge in [0, 0.05) is 13.3 Å². The van der Waals surface area contributed by atoms with E-state index in [1.807, 2.05) is 30.7 Å². The topological polar surface area (TPSA) is 33.8 Å². The van der Waals surface area contributed by atoms with Crippen LogP contribution in [0.2, 0.25) is 0 Å². The summed E-state index contributed by atoms with van der Waals surface area (Å²) in [5.74, 6) is 0.223. The third-order valence-corrected chi connectivity index (χ3v) is 3.83. The first-order valence-electron chi connectivity index (χ1n) is 6.87. The number of benzene rings is 1. The molecule has 0 unspecified atom stereocenters. The third-order valence-electron chi connectivity index (χ3n) is 3.83. The maximum atomic E-state index is 12.3. The van der Waals surface area contributed by atoms with Crippen LogP contribution in [0, 0.1) is 27.7 Å². The number of aromatic nitrogens is 2. The van der Waals surface area contributed by atoms with Gasteiger partial charge in [-0.1, -0.05) is 18.2 Å². The van der Waals surface area contributed by atoms with Crippen LogP contribution in [0.4, 0.5) is 0 Å². The Morgan fingerprint density at radius 1 is 1.15 bits per heavy atom. The van der Waals surface area contributed by atoms with Crippen LogP contribution < -0.4 is 4.57 Å². The third kappa shape index (κ3) is 3.10. The lowest BCUT2D eigenvalue weighted by Gasteiger charge is -2.08. The van der Waals surface area contributed by atoms with Gasteiger partial charge in [-0.15, -0.1) is 0 Å². The second-order valence-corrected chi connectivity index (χ2v) is 5.31. The highest BCUT2D eigenvalue weighted by Crippen LogP contribution is 2.14. The van der Waals surface area contributed by atoms with Gasteiger partial charge in [-0.25, -0.2) is 4.98 Å². The average molecular weight is 269 g/mol. The molecule has 0 bridgehead atoms. The second kappa shape index (κ2) is 5.95. The van der Waals surface area contributed by atoms with Gasteiger partial charge in [-0.2, -0.15) is 4.57 Å². The van der Waals surface area contributed by atoms with Crippen LogP contribution in [0.15, 0.2) is 30.6 Å². The molecule has 3 nitrogen and oxygen atoms in total. The molecule has 0 aliphatic carbocycles. The minimum absolute atomic E-state index is 0.223. The fourth-order valence-corrected chi connectivity index (χ4v) is 2.38. The maximum absolute atomic E-state index is 12.3. The van der Waals surface area contributed by atoms with Crippen molar-refractivity contribution in [2.45, 2.75) is 40.7 Å². The Balaban J connectivity index is 2.16. The van der Waals surface area contributed by atoms with Crippen molar-refractivity contribution < 1.29 is 9.36 Å². The first-order chi connectivity index (χ1) is 9.49. The Bertz CT molecular complexity index is 627. The molecule has 20 heavy (non-hydrogen) atoms. The highest BCUT2D eigenvalue weighted by molar-refractivity contribution is 5.80. The standard InChI is InChI=1S/C17H21N2O/c1-12-6-5-7-13(2)17(12)10-16(20)11-19-9-8-18-14(3)15(19)4/h5-9H,10-11H2,1-4H3/q+1. The fraction of sp³-hybridized carbons (Fsp3) is 0.353. The van der Waals surface area contributed by atoms with E-state index >= 15 is 0 Å². The normalized spacial score (nSPS) is 10.6. The molecule has 0 amide bonds. The lowest BCUT2D eigenvalue weighted by atomic mass is 9.98. The molecule has 2 aromatic rings. The van der Waals surface area contributed by atoms with E-state index in [2.05, 4.69) is 31.0 Å². The van der Waals surface area contributed by atoms with Crippen molar-refractivity contribution in [2.75, 3.05) is 0 Å². The number of nitrogens with zero attached hydrogens (tertiary/aromatic N) is 2. The number of Topliss-reactive ketones (excluding diaryl/α,β-unsaturated/α-hetero) is 1. The number of rotatable bonds is 4. The van der Waals surface area contributed by atoms with E-state index in [-0.39, 0.29) is 5.78 Å². The van der Waals surface area contributed by atoms with Gasteiger partial charge in [0.25, 0.3) is 0 Å². The molecular weight excluding hydrogens is 248 g/mol. The van der Waals surface area contributed by atoms with Crippen molar-refractivity contribution in [1.82, 2.24) is 4.98 Å². The van der Waals surface area contributed by atoms with Crippen LogP contribution >= 0.6 is 0 Å². The molecule has 104 valence electrons. The summed E-state index contributed by atoms with van der Waals surface area (Å²) < 4.78 is 1.97. The summed E-state index contributed by atoms with van der Waals surface area (Å²) in [5.41, 5.74) is 5.54. The first kappa shape index (κ1) is 14.4. The number of carbonyl (C=O) groups excluding carboxylic acids is 1. The Morgan fingerprint density at radius 3 is 2.45 bits per heavy atom. The average Bonchev–Trinajstić information content (AvgIpc) is 2.39. The molecule has 0 saturated heterocycles. The minimum Gasteiger partial charge on any atom is -0.292 e. The Morgan fingerprint density at radius 2 is 1.80 bits per heavy atom. The molecular formula is C17H21N2O+. The van der Waals surface area contributed by atoms with Crippen molar-refractivity contribution in [1.29, 1.82) is 0 Å². The molecule has 0 N–H and O–H groups in total. The lowest BCUT2D eigenvalue weighted by molar-refractivity contribution is -0.691. The van der Waals surface area contributed by atoms with E-state index < -0.39 is 0 Å². The van der Waals surface area contributed by atoms with Crippen molar-refractivity contribution >= 4 is 5.78 Å². The Hall–Kier alpha value is -2.03. The second-order valence-electron chi connectivity index (χ2n) is 5.31. The van der Waals surface area contributed by atoms with Crippen LogP contribution in [-0.2, 0) is 17.8 Å². The zero-order valence-electron chi connectivity index (χ0n) is 12.6. The van der Waals surface area contributed by atoms with Crippen molar-refractivity contribution in [3.63, 3.8) is 0 Å². The first-order valence-corrected chi connectivity index (χ1v) is 6.87. The van der Waals surface area contributed by atoms with Gasteiger partial charge >= 0.3 is 0 Å². The Kier molecular flexibility index (Phi) is 4.28. The molecule has 0 atom stereocenters. The number of hydrogen-bond acceptors (Lipinski definition) is 2. The quantitative estimate of drug-likeness (QED) is 0.799. The van der Waals surface area contributed by atoms with Crippen molar-refractivity contribution in [3.8, 4) is 0 Å². The van der Waals surface area contributed by atoms with Gasteiger partial charge in [0.2, 0.25) is 12.3 Å². The van der Waals surface area contributed by atoms with E-state index in [0.29, 0.717) is 13.0 Å². The van der Waals surface area contributed by atoms with Gasteiger partial charge in [0.05, 0.1) is 6.20 Å². The van der Waals surface area contributed by atoms with E-state index in [9.17, 15) is 4.79 Å². The van der Waals surface area contributed by atoms with E-state index in [0.717, 1.165) is 17.0 Å². The highest BCUT2D eigenvalue weighted by Gasteiger charge is 2.16. The van der Waals surface area contributed by atoms with Crippen LogP contribution in [0.25, 0.3) is 0 Å². The summed E-state index contributed by atoms with van der Waals surface area (Å²) in [6, 6.07) is 6.15. The number of hydrogen-bond donors (Lipinski definition) is 0. The minimum atomic E-state index is 0.223. The highest BCUT2D eigenvalue weighted by atomic mass is 16.1. The van der Waals surface area contributed by atoms with Crippen LogP contribution in [0.5, 0.6) is 0 Å². The van der Waals surface area contributed by atoms with Crippen LogP contribution in [-0.4, -0.2) is 10.8 Å². The summed E-state index contributed by atoms with van der Waals surface area (Å²) >= 11 is 0. The summed E-state index contributed by atoms with van der Waals surface area (Å²) in [5, 5.41) is 0. The largest absolute Gasteiger partial charge is 0.292 e. The van der Waals surface area contributed by atoms with Gasteiger partial charge < -0.3 is 0 Å². The molecule has 0 aliphatic rings. The molecule has 0 radical (unpaired) electrons. The molecule has 1 aromatic carbocycles. The molecule has 1 heterocycles. The van der Waals surface area contributed by atoms with Crippen LogP contribution in [0.1, 0.15) is 28.1 Å². The van der Waals surface area contributed by atoms with Crippen LogP contribution in [0.3, 0.4) is 0 Å². The van der Waals surface area contributed by atoms with Gasteiger partial charge in [0.15, 0.2) is 11.9 Å². The monoisotopic (exact) mass is 269 g/mol. The molecule has 3 heteroatoms. The molecule has 0 saturated carbocycles. The molecule has 0 aliphatic heterocycles. The summed E-state index contributed by atoms with van der Waals surface area (Å²) in [6.07, 6.45) is 4.10. The summed E-state index contributed by atoms with van der Waals surface area (Å²) in [4.78, 5) is 16.5. The maximum Gasteiger partial charge on any atom is 0.207 e. The van der Waals surface area contributed by atoms with Crippen molar-refractivity contribution in [2.24, 2.45) is 0 Å². The SMILES string of the molecule is Cc1cccc(C)c1CC(=O)C[n+]1ccnc(C)c1C. The molecule has 1 aromatic heterocycles.